The highest BCUT2D eigenvalue weighted by Crippen LogP contribution is 2.40. The van der Waals surface area contributed by atoms with E-state index in [4.69, 9.17) is 87.0 Å². The quantitative estimate of drug-likeness (QED) is 0.0689. The van der Waals surface area contributed by atoms with E-state index in [1.807, 2.05) is 5.43 Å². The molecule has 45 heavy (non-hydrogen) atoms. The van der Waals surface area contributed by atoms with Crippen LogP contribution in [0.3, 0.4) is 0 Å². The van der Waals surface area contributed by atoms with Crippen molar-refractivity contribution in [2.24, 2.45) is 5.84 Å². The number of allylic oxidation sites excluding steroid dienone is 2. The van der Waals surface area contributed by atoms with Gasteiger partial charge in [0.25, 0.3) is 5.56 Å². The summed E-state index contributed by atoms with van der Waals surface area (Å²) in [5, 5.41) is 2.68. The second-order valence-corrected chi connectivity index (χ2v) is 11.9. The standard InChI is InChI=1S/C12H7Cl2F3N2O.C7H5Cl2F3N2.C5H5Cl3O.2CH4/c1-6-2-3-18-19(11(6)20)10-4-7(12(15,16)17)8(13)5-9(10)14;8-4-2-5(9)6(14-13)1-3(4)7(10,11)12;1-4(2-3-9)5(6,7)8;;/h2-5H,1H3;1-2,14H,13H2;2-3H,1H3;2*1H4/b;;4-2-;;. The van der Waals surface area contributed by atoms with Crippen LogP contribution in [0, 0.1) is 6.92 Å². The van der Waals surface area contributed by atoms with Gasteiger partial charge < -0.3 is 5.43 Å². The number of nitrogens with zero attached hydrogens (tertiary/aromatic N) is 2. The molecule has 0 saturated heterocycles. The fourth-order valence-electron chi connectivity index (χ4n) is 2.66. The summed E-state index contributed by atoms with van der Waals surface area (Å²) in [4.78, 5) is 21.7. The van der Waals surface area contributed by atoms with Crippen molar-refractivity contribution in [3.8, 4) is 5.69 Å². The van der Waals surface area contributed by atoms with Crippen LogP contribution in [0.25, 0.3) is 5.69 Å². The first-order valence-corrected chi connectivity index (χ1v) is 13.5. The number of hydrogen-bond donors (Lipinski definition) is 2. The Hall–Kier alpha value is -1.90. The Morgan fingerprint density at radius 1 is 0.867 bits per heavy atom. The average Bonchev–Trinajstić information content (AvgIpc) is 2.85. The van der Waals surface area contributed by atoms with Crippen LogP contribution in [0.5, 0.6) is 0 Å². The number of carbonyl (C=O) groups is 1. The molecule has 2 aromatic carbocycles. The Bertz CT molecular complexity index is 1540. The van der Waals surface area contributed by atoms with Crippen LogP contribution in [0.15, 0.2) is 53.0 Å². The minimum Gasteiger partial charge on any atom is -0.323 e. The Balaban J connectivity index is 0. The molecule has 1 aromatic heterocycles. The first-order valence-electron chi connectivity index (χ1n) is 10.9. The Labute approximate surface area is 289 Å². The number of aromatic nitrogens is 2. The van der Waals surface area contributed by atoms with Crippen LogP contribution in [0.1, 0.15) is 38.5 Å². The number of nitrogens with one attached hydrogen (secondary N) is 1. The van der Waals surface area contributed by atoms with E-state index in [0.717, 1.165) is 22.9 Å². The van der Waals surface area contributed by atoms with Crippen molar-refractivity contribution in [1.29, 1.82) is 0 Å². The first kappa shape index (κ1) is 45.2. The van der Waals surface area contributed by atoms with Crippen LogP contribution < -0.4 is 16.8 Å². The predicted molar refractivity (Wildman–Crippen MR) is 172 cm³/mol. The first-order chi connectivity index (χ1) is 19.6. The maximum absolute atomic E-state index is 12.8. The number of benzene rings is 2. The molecule has 3 aromatic rings. The molecule has 0 aliphatic heterocycles. The fraction of sp³-hybridized carbons (Fsp3) is 0.269. The minimum atomic E-state index is -4.65. The molecule has 0 spiro atoms. The summed E-state index contributed by atoms with van der Waals surface area (Å²) in [5.41, 5.74) is 0.000566. The zero-order valence-electron chi connectivity index (χ0n) is 21.3. The lowest BCUT2D eigenvalue weighted by Gasteiger charge is -2.13. The Morgan fingerprint density at radius 2 is 1.33 bits per heavy atom. The Morgan fingerprint density at radius 3 is 1.73 bits per heavy atom. The lowest BCUT2D eigenvalue weighted by atomic mass is 10.2. The number of aryl methyl sites for hydroxylation is 1. The third-order valence-corrected chi connectivity index (χ3v) is 7.02. The smallest absolute Gasteiger partial charge is 0.323 e. The molecule has 0 saturated carbocycles. The number of nitrogen functional groups attached to an aromatic ring is 1. The van der Waals surface area contributed by atoms with Crippen LogP contribution in [-0.4, -0.2) is 19.9 Å². The van der Waals surface area contributed by atoms with Gasteiger partial charge in [0, 0.05) is 11.8 Å². The molecule has 0 bridgehead atoms. The molecule has 252 valence electrons. The van der Waals surface area contributed by atoms with E-state index in [1.165, 1.54) is 25.3 Å². The van der Waals surface area contributed by atoms with Crippen molar-refractivity contribution in [2.75, 3.05) is 5.43 Å². The van der Waals surface area contributed by atoms with Crippen LogP contribution in [-0.2, 0) is 17.1 Å². The van der Waals surface area contributed by atoms with Crippen LogP contribution in [0.4, 0.5) is 32.0 Å². The summed E-state index contributed by atoms with van der Waals surface area (Å²) >= 11 is 38.4. The number of aldehydes is 1. The molecular weight excluding hydrogens is 762 g/mol. The van der Waals surface area contributed by atoms with Crippen LogP contribution >= 0.6 is 81.2 Å². The lowest BCUT2D eigenvalue weighted by Crippen LogP contribution is -2.23. The van der Waals surface area contributed by atoms with Gasteiger partial charge in [-0.1, -0.05) is 96.1 Å². The van der Waals surface area contributed by atoms with E-state index in [-0.39, 0.29) is 36.3 Å². The van der Waals surface area contributed by atoms with Gasteiger partial charge in [-0.2, -0.15) is 36.1 Å². The molecule has 1 heterocycles. The monoisotopic (exact) mass is 784 g/mol. The van der Waals surface area contributed by atoms with Gasteiger partial charge in [-0.15, -0.1) is 0 Å². The van der Waals surface area contributed by atoms with E-state index in [9.17, 15) is 35.9 Å². The highest BCUT2D eigenvalue weighted by molar-refractivity contribution is 6.69. The topological polar surface area (TPSA) is 90.0 Å². The van der Waals surface area contributed by atoms with Gasteiger partial charge in [0.15, 0.2) is 0 Å². The number of halogens is 13. The number of nitrogens with two attached hydrogens (primary N) is 1. The van der Waals surface area contributed by atoms with E-state index < -0.39 is 42.9 Å². The van der Waals surface area contributed by atoms with Gasteiger partial charge >= 0.3 is 12.4 Å². The molecule has 0 atom stereocenters. The molecule has 0 radical (unpaired) electrons. The highest BCUT2D eigenvalue weighted by Gasteiger charge is 2.35. The van der Waals surface area contributed by atoms with Crippen molar-refractivity contribution in [1.82, 2.24) is 9.78 Å². The average molecular weight is 788 g/mol. The molecule has 3 N–H and O–H groups in total. The van der Waals surface area contributed by atoms with Gasteiger partial charge in [0.1, 0.15) is 6.29 Å². The van der Waals surface area contributed by atoms with Crippen molar-refractivity contribution in [3.05, 3.63) is 95.3 Å². The zero-order valence-corrected chi connectivity index (χ0v) is 26.6. The molecule has 0 amide bonds. The lowest BCUT2D eigenvalue weighted by molar-refractivity contribution is -0.138. The van der Waals surface area contributed by atoms with E-state index in [2.05, 4.69) is 5.10 Å². The van der Waals surface area contributed by atoms with Crippen molar-refractivity contribution < 1.29 is 31.1 Å². The fourth-order valence-corrected chi connectivity index (χ4v) is 3.97. The largest absolute Gasteiger partial charge is 0.417 e. The second-order valence-electron chi connectivity index (χ2n) is 7.95. The van der Waals surface area contributed by atoms with E-state index in [1.54, 1.807) is 6.92 Å². The summed E-state index contributed by atoms with van der Waals surface area (Å²) < 4.78 is 74.7. The maximum atomic E-state index is 12.8. The number of carbonyl (C=O) groups excluding carboxylic acids is 1. The normalized spacial score (nSPS) is 11.5. The van der Waals surface area contributed by atoms with Gasteiger partial charge in [-0.3, -0.25) is 15.4 Å². The summed E-state index contributed by atoms with van der Waals surface area (Å²) in [7, 11) is 0. The Kier molecular flexibility index (Phi) is 18.5. The molecule has 0 aliphatic rings. The summed E-state index contributed by atoms with van der Waals surface area (Å²) in [6, 6.07) is 4.84. The predicted octanol–water partition coefficient (Wildman–Crippen LogP) is 10.9. The summed E-state index contributed by atoms with van der Waals surface area (Å²) in [6.45, 7) is 3.09. The van der Waals surface area contributed by atoms with E-state index in [0.29, 0.717) is 23.5 Å². The molecule has 0 aliphatic carbocycles. The second kappa shape index (κ2) is 18.4. The van der Waals surface area contributed by atoms with Crippen molar-refractivity contribution in [2.45, 2.75) is 44.8 Å². The van der Waals surface area contributed by atoms with E-state index >= 15 is 0 Å². The number of hydrogen-bond acceptors (Lipinski definition) is 5. The zero-order chi connectivity index (χ0) is 33.5. The van der Waals surface area contributed by atoms with Gasteiger partial charge in [-0.05, 0) is 55.8 Å². The molecule has 19 heteroatoms. The number of anilines is 1. The molecule has 0 fully saturated rings. The van der Waals surface area contributed by atoms with Gasteiger partial charge in [0.2, 0.25) is 3.79 Å². The van der Waals surface area contributed by atoms with Crippen molar-refractivity contribution >= 4 is 93.2 Å². The number of alkyl halides is 9. The molecule has 0 unspecified atom stereocenters. The third-order valence-electron chi connectivity index (χ3n) is 4.89. The van der Waals surface area contributed by atoms with Crippen molar-refractivity contribution in [3.63, 3.8) is 0 Å². The number of rotatable bonds is 3. The summed E-state index contributed by atoms with van der Waals surface area (Å²) in [5.74, 6) is 4.97. The molecule has 3 rings (SSSR count). The SMILES string of the molecule is C.C.C/C(=C/C=O)C(Cl)(Cl)Cl.Cc1ccnn(-c2cc(C(F)(F)F)c(Cl)cc2Cl)c1=O.NNc1cc(C(F)(F)F)c(Cl)cc1Cl. The molecular formula is C26H25Cl7F6N4O2. The molecule has 6 nitrogen and oxygen atoms in total. The minimum absolute atomic E-state index is 0. The third kappa shape index (κ3) is 13.4. The van der Waals surface area contributed by atoms with Gasteiger partial charge in [-0.25, -0.2) is 0 Å². The van der Waals surface area contributed by atoms with Gasteiger partial charge in [0.05, 0.1) is 42.6 Å². The summed E-state index contributed by atoms with van der Waals surface area (Å²) in [6.07, 6.45) is -6.07. The van der Waals surface area contributed by atoms with Crippen LogP contribution in [0.2, 0.25) is 20.1 Å². The maximum Gasteiger partial charge on any atom is 0.417 e. The number of hydrazine groups is 1. The highest BCUT2D eigenvalue weighted by atomic mass is 35.6.